The summed E-state index contributed by atoms with van der Waals surface area (Å²) in [6.07, 6.45) is 3.32. The average molecular weight is 360 g/mol. The zero-order chi connectivity index (χ0) is 19.1. The highest BCUT2D eigenvalue weighted by Gasteiger charge is 2.08. The number of benzene rings is 3. The number of amides is 2. The molecule has 0 aliphatic heterocycles. The molecule has 0 unspecified atom stereocenters. The number of carbonyl (C=O) groups excluding carboxylic acids is 2. The monoisotopic (exact) mass is 360 g/mol. The second kappa shape index (κ2) is 8.67. The van der Waals surface area contributed by atoms with Gasteiger partial charge in [0, 0.05) is 35.5 Å². The third kappa shape index (κ3) is 4.95. The molecule has 3 N–H and O–H groups in total. The van der Waals surface area contributed by atoms with Gasteiger partial charge in [-0.15, -0.1) is 0 Å². The Bertz CT molecular complexity index is 981. The van der Waals surface area contributed by atoms with Gasteiger partial charge in [0.2, 0.25) is 11.8 Å². The van der Waals surface area contributed by atoms with E-state index in [0.29, 0.717) is 11.1 Å². The summed E-state index contributed by atoms with van der Waals surface area (Å²) in [6.45, 7) is 0.236. The van der Waals surface area contributed by atoms with E-state index in [2.05, 4.69) is 10.6 Å². The van der Waals surface area contributed by atoms with Gasteiger partial charge in [-0.2, -0.15) is 0 Å². The normalized spacial score (nSPS) is 10.8. The number of fused-ring (bicyclic) bond motifs is 1. The molecule has 0 heterocycles. The fraction of sp³-hybridized carbons (Fsp3) is 0.0909. The summed E-state index contributed by atoms with van der Waals surface area (Å²) in [6, 6.07) is 20.0. The predicted molar refractivity (Wildman–Crippen MR) is 107 cm³/mol. The Morgan fingerprint density at radius 1 is 0.889 bits per heavy atom. The summed E-state index contributed by atoms with van der Waals surface area (Å²) in [7, 11) is 0. The number of nitrogens with one attached hydrogen (secondary N) is 2. The fourth-order valence-corrected chi connectivity index (χ4v) is 2.70. The number of rotatable bonds is 6. The van der Waals surface area contributed by atoms with Crippen LogP contribution in [0.2, 0.25) is 0 Å². The number of phenolic OH excluding ortho intramolecular Hbond substituents is 1. The summed E-state index contributed by atoms with van der Waals surface area (Å²) in [5.74, 6) is -0.291. The molecule has 0 aliphatic rings. The Morgan fingerprint density at radius 3 is 2.37 bits per heavy atom. The first-order valence-electron chi connectivity index (χ1n) is 8.65. The van der Waals surface area contributed by atoms with E-state index in [1.807, 2.05) is 48.5 Å². The minimum absolute atomic E-state index is 0.153. The van der Waals surface area contributed by atoms with E-state index in [0.717, 1.165) is 10.9 Å². The Hall–Kier alpha value is -3.60. The molecule has 0 saturated carbocycles. The molecule has 0 aromatic heterocycles. The van der Waals surface area contributed by atoms with Gasteiger partial charge in [0.15, 0.2) is 0 Å². The van der Waals surface area contributed by atoms with E-state index >= 15 is 0 Å². The zero-order valence-corrected chi connectivity index (χ0v) is 14.7. The second-order valence-electron chi connectivity index (χ2n) is 6.01. The fourth-order valence-electron chi connectivity index (χ4n) is 2.70. The number of carbonyl (C=O) groups is 2. The number of aromatic hydroxyl groups is 1. The summed E-state index contributed by atoms with van der Waals surface area (Å²) >= 11 is 0. The molecule has 0 atom stereocenters. The summed E-state index contributed by atoms with van der Waals surface area (Å²) in [4.78, 5) is 24.0. The van der Waals surface area contributed by atoms with Crippen LogP contribution in [0.3, 0.4) is 0 Å². The molecule has 0 bridgehead atoms. The number of phenols is 1. The highest BCUT2D eigenvalue weighted by molar-refractivity contribution is 6.04. The molecule has 5 heteroatoms. The Morgan fingerprint density at radius 2 is 1.59 bits per heavy atom. The van der Waals surface area contributed by atoms with Crippen LogP contribution in [0.25, 0.3) is 16.8 Å². The van der Waals surface area contributed by atoms with Gasteiger partial charge in [-0.25, -0.2) is 0 Å². The standard InChI is InChI=1S/C22H20N2O3/c25-20-12-11-19(17-8-4-5-9-18(17)20)24-22(27)14-15-23-21(26)13-10-16-6-2-1-3-7-16/h1-13,25H,14-15H2,(H,23,26)(H,24,27)/b13-10+. The van der Waals surface area contributed by atoms with Gasteiger partial charge in [-0.3, -0.25) is 9.59 Å². The van der Waals surface area contributed by atoms with Crippen molar-refractivity contribution in [3.63, 3.8) is 0 Å². The highest BCUT2D eigenvalue weighted by atomic mass is 16.3. The van der Waals surface area contributed by atoms with Gasteiger partial charge in [-0.1, -0.05) is 54.6 Å². The van der Waals surface area contributed by atoms with Gasteiger partial charge >= 0.3 is 0 Å². The van der Waals surface area contributed by atoms with Crippen molar-refractivity contribution >= 4 is 34.4 Å². The SMILES string of the molecule is O=C(/C=C/c1ccccc1)NCCC(=O)Nc1ccc(O)c2ccccc12. The number of anilines is 1. The van der Waals surface area contributed by atoms with Gasteiger partial charge < -0.3 is 15.7 Å². The van der Waals surface area contributed by atoms with Gasteiger partial charge in [0.1, 0.15) is 5.75 Å². The Kier molecular flexibility index (Phi) is 5.84. The molecule has 3 aromatic carbocycles. The van der Waals surface area contributed by atoms with Crippen molar-refractivity contribution < 1.29 is 14.7 Å². The van der Waals surface area contributed by atoms with Crippen molar-refractivity contribution in [1.29, 1.82) is 0 Å². The summed E-state index contributed by atoms with van der Waals surface area (Å²) in [5.41, 5.74) is 1.56. The van der Waals surface area contributed by atoms with E-state index in [4.69, 9.17) is 0 Å². The molecule has 0 saturated heterocycles. The zero-order valence-electron chi connectivity index (χ0n) is 14.7. The number of hydrogen-bond acceptors (Lipinski definition) is 3. The largest absolute Gasteiger partial charge is 0.507 e. The molecule has 3 aromatic rings. The van der Waals surface area contributed by atoms with Gasteiger partial charge in [-0.05, 0) is 23.8 Å². The van der Waals surface area contributed by atoms with E-state index < -0.39 is 0 Å². The van der Waals surface area contributed by atoms with Crippen LogP contribution in [-0.2, 0) is 9.59 Å². The van der Waals surface area contributed by atoms with Crippen LogP contribution in [-0.4, -0.2) is 23.5 Å². The second-order valence-corrected chi connectivity index (χ2v) is 6.01. The van der Waals surface area contributed by atoms with Crippen LogP contribution in [0.5, 0.6) is 5.75 Å². The molecule has 0 fully saturated rings. The Labute approximate surface area is 157 Å². The molecule has 0 spiro atoms. The smallest absolute Gasteiger partial charge is 0.244 e. The van der Waals surface area contributed by atoms with Crippen LogP contribution < -0.4 is 10.6 Å². The first-order chi connectivity index (χ1) is 13.1. The van der Waals surface area contributed by atoms with Crippen LogP contribution in [0.15, 0.2) is 72.8 Å². The van der Waals surface area contributed by atoms with Crippen LogP contribution in [0.4, 0.5) is 5.69 Å². The lowest BCUT2D eigenvalue weighted by Crippen LogP contribution is -2.26. The van der Waals surface area contributed by atoms with E-state index in [1.165, 1.54) is 6.08 Å². The summed E-state index contributed by atoms with van der Waals surface area (Å²) in [5, 5.41) is 16.9. The predicted octanol–water partition coefficient (Wildman–Crippen LogP) is 3.70. The molecule has 0 aliphatic carbocycles. The first-order valence-corrected chi connectivity index (χ1v) is 8.65. The minimum atomic E-state index is -0.248. The van der Waals surface area contributed by atoms with Gasteiger partial charge in [0.05, 0.1) is 0 Å². The molecule has 27 heavy (non-hydrogen) atoms. The summed E-state index contributed by atoms with van der Waals surface area (Å²) < 4.78 is 0. The van der Waals surface area contributed by atoms with Crippen molar-refractivity contribution in [3.8, 4) is 5.75 Å². The van der Waals surface area contributed by atoms with E-state index in [9.17, 15) is 14.7 Å². The molecule has 136 valence electrons. The third-order valence-electron chi connectivity index (χ3n) is 4.05. The van der Waals surface area contributed by atoms with Crippen LogP contribution >= 0.6 is 0 Å². The molecule has 2 amide bonds. The first kappa shape index (κ1) is 18.2. The molecular formula is C22H20N2O3. The highest BCUT2D eigenvalue weighted by Crippen LogP contribution is 2.30. The molecule has 3 rings (SSSR count). The van der Waals surface area contributed by atoms with Crippen molar-refractivity contribution in [2.45, 2.75) is 6.42 Å². The van der Waals surface area contributed by atoms with Crippen molar-refractivity contribution in [3.05, 3.63) is 78.4 Å². The maximum Gasteiger partial charge on any atom is 0.244 e. The lowest BCUT2D eigenvalue weighted by molar-refractivity contribution is -0.117. The maximum atomic E-state index is 12.2. The van der Waals surface area contributed by atoms with Crippen molar-refractivity contribution in [2.75, 3.05) is 11.9 Å². The minimum Gasteiger partial charge on any atom is -0.507 e. The molecule has 0 radical (unpaired) electrons. The quantitative estimate of drug-likeness (QED) is 0.463. The Balaban J connectivity index is 1.51. The van der Waals surface area contributed by atoms with Crippen LogP contribution in [0.1, 0.15) is 12.0 Å². The topological polar surface area (TPSA) is 78.4 Å². The maximum absolute atomic E-state index is 12.2. The third-order valence-corrected chi connectivity index (χ3v) is 4.05. The van der Waals surface area contributed by atoms with Gasteiger partial charge in [0.25, 0.3) is 0 Å². The molecular weight excluding hydrogens is 340 g/mol. The van der Waals surface area contributed by atoms with Crippen LogP contribution in [0, 0.1) is 0 Å². The van der Waals surface area contributed by atoms with E-state index in [1.54, 1.807) is 24.3 Å². The number of hydrogen-bond donors (Lipinski definition) is 3. The molecule has 5 nitrogen and oxygen atoms in total. The lowest BCUT2D eigenvalue weighted by atomic mass is 10.1. The van der Waals surface area contributed by atoms with E-state index in [-0.39, 0.29) is 30.5 Å². The van der Waals surface area contributed by atoms with Crippen molar-refractivity contribution in [1.82, 2.24) is 5.32 Å². The average Bonchev–Trinajstić information content (AvgIpc) is 2.69. The lowest BCUT2D eigenvalue weighted by Gasteiger charge is -2.10. The van der Waals surface area contributed by atoms with Crippen molar-refractivity contribution in [2.24, 2.45) is 0 Å².